The first kappa shape index (κ1) is 15.4. The van der Waals surface area contributed by atoms with Crippen molar-refractivity contribution in [1.82, 2.24) is 0 Å². The van der Waals surface area contributed by atoms with Crippen LogP contribution in [0.4, 0.5) is 0 Å². The van der Waals surface area contributed by atoms with Gasteiger partial charge >= 0.3 is 11.9 Å². The van der Waals surface area contributed by atoms with E-state index in [2.05, 4.69) is 40.8 Å². The van der Waals surface area contributed by atoms with Crippen LogP contribution in [-0.4, -0.2) is 11.9 Å². The van der Waals surface area contributed by atoms with Crippen molar-refractivity contribution in [2.45, 2.75) is 0 Å². The molecular formula is C24H12O3. The maximum absolute atomic E-state index is 11.9. The summed E-state index contributed by atoms with van der Waals surface area (Å²) in [6.45, 7) is 0. The molecule has 0 unspecified atom stereocenters. The van der Waals surface area contributed by atoms with Crippen LogP contribution >= 0.6 is 0 Å². The number of hydrogen-bond donors (Lipinski definition) is 0. The smallest absolute Gasteiger partial charge is 0.348 e. The van der Waals surface area contributed by atoms with Crippen molar-refractivity contribution >= 4 is 33.5 Å². The number of ether oxygens (including phenoxy) is 1. The first-order valence-electron chi connectivity index (χ1n) is 8.53. The summed E-state index contributed by atoms with van der Waals surface area (Å²) in [5.74, 6) is 4.86. The molecule has 1 aliphatic rings. The van der Waals surface area contributed by atoms with E-state index < -0.39 is 11.9 Å². The van der Waals surface area contributed by atoms with Crippen molar-refractivity contribution < 1.29 is 14.3 Å². The van der Waals surface area contributed by atoms with Crippen LogP contribution in [0.25, 0.3) is 21.5 Å². The first-order chi connectivity index (χ1) is 13.2. The molecule has 4 aromatic rings. The topological polar surface area (TPSA) is 43.4 Å². The molecule has 4 aromatic carbocycles. The van der Waals surface area contributed by atoms with Gasteiger partial charge in [0.1, 0.15) is 0 Å². The van der Waals surface area contributed by atoms with Crippen molar-refractivity contribution in [2.24, 2.45) is 0 Å². The van der Waals surface area contributed by atoms with Crippen LogP contribution in [0.15, 0.2) is 72.8 Å². The quantitative estimate of drug-likeness (QED) is 0.200. The van der Waals surface area contributed by atoms with E-state index in [0.29, 0.717) is 5.56 Å². The number of fused-ring (bicyclic) bond motifs is 3. The molecule has 0 N–H and O–H groups in total. The maximum Gasteiger partial charge on any atom is 0.348 e. The van der Waals surface area contributed by atoms with Crippen LogP contribution in [0.5, 0.6) is 0 Å². The second-order valence-electron chi connectivity index (χ2n) is 6.42. The summed E-state index contributed by atoms with van der Waals surface area (Å²) in [5, 5.41) is 4.63. The van der Waals surface area contributed by atoms with Crippen molar-refractivity contribution in [3.05, 3.63) is 95.1 Å². The average Bonchev–Trinajstić information content (AvgIpc) is 2.99. The van der Waals surface area contributed by atoms with Crippen molar-refractivity contribution in [2.75, 3.05) is 0 Å². The lowest BCUT2D eigenvalue weighted by Gasteiger charge is -2.03. The van der Waals surface area contributed by atoms with Gasteiger partial charge in [-0.1, -0.05) is 48.2 Å². The minimum absolute atomic E-state index is 0.252. The molecule has 3 heteroatoms. The standard InChI is InChI=1S/C24H12O3/c25-23-21-7-3-6-16(22(21)24(26)27-23)10-8-15-9-11-19-13-17-4-1-2-5-18(17)14-20(19)12-15/h1-7,9,11-14H. The summed E-state index contributed by atoms with van der Waals surface area (Å²) in [4.78, 5) is 23.6. The van der Waals surface area contributed by atoms with Gasteiger partial charge in [-0.3, -0.25) is 0 Å². The average molecular weight is 348 g/mol. The van der Waals surface area contributed by atoms with E-state index in [1.54, 1.807) is 18.2 Å². The third-order valence-electron chi connectivity index (χ3n) is 4.72. The molecule has 0 spiro atoms. The Balaban J connectivity index is 1.60. The minimum Gasteiger partial charge on any atom is -0.386 e. The highest BCUT2D eigenvalue weighted by Gasteiger charge is 2.31. The molecule has 5 rings (SSSR count). The Bertz CT molecular complexity index is 1340. The molecular weight excluding hydrogens is 336 g/mol. The van der Waals surface area contributed by atoms with E-state index >= 15 is 0 Å². The van der Waals surface area contributed by atoms with Gasteiger partial charge in [0.05, 0.1) is 11.1 Å². The molecule has 1 aliphatic heterocycles. The predicted octanol–water partition coefficient (Wildman–Crippen LogP) is 4.70. The summed E-state index contributed by atoms with van der Waals surface area (Å²) >= 11 is 0. The lowest BCUT2D eigenvalue weighted by Crippen LogP contribution is -1.98. The highest BCUT2D eigenvalue weighted by Crippen LogP contribution is 2.25. The summed E-state index contributed by atoms with van der Waals surface area (Å²) in [5.41, 5.74) is 1.87. The lowest BCUT2D eigenvalue weighted by atomic mass is 10.0. The van der Waals surface area contributed by atoms with Crippen LogP contribution in [0.1, 0.15) is 31.8 Å². The highest BCUT2D eigenvalue weighted by atomic mass is 16.6. The number of hydrogen-bond acceptors (Lipinski definition) is 3. The fourth-order valence-corrected chi connectivity index (χ4v) is 3.39. The summed E-state index contributed by atoms with van der Waals surface area (Å²) in [6.07, 6.45) is 0. The van der Waals surface area contributed by atoms with Crippen molar-refractivity contribution in [3.63, 3.8) is 0 Å². The van der Waals surface area contributed by atoms with E-state index in [4.69, 9.17) is 0 Å². The van der Waals surface area contributed by atoms with Gasteiger partial charge in [0.2, 0.25) is 0 Å². The fraction of sp³-hybridized carbons (Fsp3) is 0. The van der Waals surface area contributed by atoms with Gasteiger partial charge in [-0.25, -0.2) is 9.59 Å². The monoisotopic (exact) mass is 348 g/mol. The van der Waals surface area contributed by atoms with Gasteiger partial charge in [0, 0.05) is 11.1 Å². The zero-order valence-corrected chi connectivity index (χ0v) is 14.2. The van der Waals surface area contributed by atoms with Gasteiger partial charge in [-0.2, -0.15) is 0 Å². The molecule has 0 amide bonds. The Morgan fingerprint density at radius 3 is 2.19 bits per heavy atom. The van der Waals surface area contributed by atoms with Gasteiger partial charge in [-0.15, -0.1) is 0 Å². The van der Waals surface area contributed by atoms with Crippen LogP contribution < -0.4 is 0 Å². The Morgan fingerprint density at radius 2 is 1.37 bits per heavy atom. The Kier molecular flexibility index (Phi) is 3.31. The van der Waals surface area contributed by atoms with Crippen LogP contribution in [0.2, 0.25) is 0 Å². The summed E-state index contributed by atoms with van der Waals surface area (Å²) in [7, 11) is 0. The molecule has 0 atom stereocenters. The second kappa shape index (κ2) is 5.82. The number of carbonyl (C=O) groups is 2. The van der Waals surface area contributed by atoms with E-state index in [1.807, 2.05) is 30.3 Å². The number of esters is 2. The Labute approximate surface area is 155 Å². The predicted molar refractivity (Wildman–Crippen MR) is 104 cm³/mol. The maximum atomic E-state index is 11.9. The van der Waals surface area contributed by atoms with Crippen molar-refractivity contribution in [3.8, 4) is 11.8 Å². The largest absolute Gasteiger partial charge is 0.386 e. The molecule has 1 heterocycles. The molecule has 0 bridgehead atoms. The lowest BCUT2D eigenvalue weighted by molar-refractivity contribution is 0.0443. The van der Waals surface area contributed by atoms with Gasteiger partial charge in [-0.05, 0) is 57.9 Å². The van der Waals surface area contributed by atoms with Crippen LogP contribution in [0.3, 0.4) is 0 Å². The summed E-state index contributed by atoms with van der Waals surface area (Å²) < 4.78 is 4.68. The first-order valence-corrected chi connectivity index (χ1v) is 8.53. The van der Waals surface area contributed by atoms with Gasteiger partial charge in [0.15, 0.2) is 0 Å². The van der Waals surface area contributed by atoms with E-state index in [0.717, 1.165) is 16.3 Å². The van der Waals surface area contributed by atoms with E-state index in [1.165, 1.54) is 10.8 Å². The van der Waals surface area contributed by atoms with E-state index in [-0.39, 0.29) is 11.1 Å². The molecule has 0 radical (unpaired) electrons. The number of benzene rings is 4. The molecule has 126 valence electrons. The fourth-order valence-electron chi connectivity index (χ4n) is 3.39. The SMILES string of the molecule is O=C1OC(=O)c2c(C#Cc3ccc4cc5ccccc5cc4c3)cccc21. The second-order valence-corrected chi connectivity index (χ2v) is 6.42. The molecule has 0 saturated carbocycles. The molecule has 27 heavy (non-hydrogen) atoms. The number of carbonyl (C=O) groups excluding carboxylic acids is 2. The zero-order chi connectivity index (χ0) is 18.4. The third-order valence-corrected chi connectivity index (χ3v) is 4.72. The normalized spacial score (nSPS) is 12.6. The van der Waals surface area contributed by atoms with Gasteiger partial charge < -0.3 is 4.74 Å². The third kappa shape index (κ3) is 2.56. The van der Waals surface area contributed by atoms with E-state index in [9.17, 15) is 9.59 Å². The number of rotatable bonds is 0. The summed E-state index contributed by atoms with van der Waals surface area (Å²) in [6, 6.07) is 23.6. The molecule has 0 aromatic heterocycles. The van der Waals surface area contributed by atoms with Crippen LogP contribution in [0, 0.1) is 11.8 Å². The zero-order valence-electron chi connectivity index (χ0n) is 14.2. The van der Waals surface area contributed by atoms with Crippen molar-refractivity contribution in [1.29, 1.82) is 0 Å². The minimum atomic E-state index is -0.634. The Morgan fingerprint density at radius 1 is 0.630 bits per heavy atom. The van der Waals surface area contributed by atoms with Crippen LogP contribution in [-0.2, 0) is 4.74 Å². The highest BCUT2D eigenvalue weighted by molar-refractivity contribution is 6.16. The Hall–Kier alpha value is -3.90. The molecule has 0 aliphatic carbocycles. The molecule has 0 saturated heterocycles. The van der Waals surface area contributed by atoms with Gasteiger partial charge in [0.25, 0.3) is 0 Å². The number of cyclic esters (lactones) is 2. The molecule has 3 nitrogen and oxygen atoms in total. The molecule has 0 fully saturated rings.